The van der Waals surface area contributed by atoms with E-state index in [9.17, 15) is 13.2 Å². The van der Waals surface area contributed by atoms with Crippen LogP contribution in [0.1, 0.15) is 24.3 Å². The molecule has 114 valence electrons. The molecule has 21 heavy (non-hydrogen) atoms. The number of sulfonamides is 1. The predicted octanol–water partition coefficient (Wildman–Crippen LogP) is 1.37. The van der Waals surface area contributed by atoms with Crippen LogP contribution in [0, 0.1) is 5.92 Å². The van der Waals surface area contributed by atoms with Gasteiger partial charge in [-0.05, 0) is 18.4 Å². The van der Waals surface area contributed by atoms with E-state index in [0.717, 1.165) is 18.4 Å². The van der Waals surface area contributed by atoms with E-state index in [1.54, 1.807) is 0 Å². The molecule has 0 bridgehead atoms. The maximum atomic E-state index is 12.4. The molecule has 2 fully saturated rings. The van der Waals surface area contributed by atoms with Crippen LogP contribution < -0.4 is 0 Å². The van der Waals surface area contributed by atoms with Crippen molar-refractivity contribution in [2.45, 2.75) is 24.0 Å². The Morgan fingerprint density at radius 1 is 1.19 bits per heavy atom. The number of benzene rings is 1. The molecule has 2 aliphatic rings. The fourth-order valence-corrected chi connectivity index (χ4v) is 4.87. The average molecular weight is 309 g/mol. The monoisotopic (exact) mass is 309 g/mol. The molecule has 0 spiro atoms. The van der Waals surface area contributed by atoms with E-state index < -0.39 is 15.9 Å². The normalized spacial score (nSPS) is 26.7. The fraction of sp³-hybridized carbons (Fsp3) is 0.533. The van der Waals surface area contributed by atoms with Crippen LogP contribution >= 0.6 is 0 Å². The van der Waals surface area contributed by atoms with Gasteiger partial charge in [0.05, 0.1) is 18.3 Å². The largest absolute Gasteiger partial charge is 0.469 e. The van der Waals surface area contributed by atoms with Crippen LogP contribution in [0.5, 0.6) is 0 Å². The number of methoxy groups -OCH3 is 1. The van der Waals surface area contributed by atoms with Crippen LogP contribution in [0.2, 0.25) is 0 Å². The van der Waals surface area contributed by atoms with Crippen molar-refractivity contribution in [3.8, 4) is 0 Å². The molecule has 1 aromatic carbocycles. The number of carbonyl (C=O) groups is 1. The third-order valence-electron chi connectivity index (χ3n) is 4.32. The number of rotatable bonds is 4. The van der Waals surface area contributed by atoms with Crippen LogP contribution in [-0.4, -0.2) is 44.1 Å². The molecular weight excluding hydrogens is 290 g/mol. The smallest absolute Gasteiger partial charge is 0.310 e. The van der Waals surface area contributed by atoms with Crippen LogP contribution in [-0.2, 0) is 19.6 Å². The molecule has 2 atom stereocenters. The molecule has 1 heterocycles. The van der Waals surface area contributed by atoms with Crippen molar-refractivity contribution < 1.29 is 17.9 Å². The predicted molar refractivity (Wildman–Crippen MR) is 78.2 cm³/mol. The highest BCUT2D eigenvalue weighted by molar-refractivity contribution is 7.90. The molecule has 1 aliphatic heterocycles. The van der Waals surface area contributed by atoms with Crippen molar-refractivity contribution >= 4 is 16.0 Å². The van der Waals surface area contributed by atoms with Gasteiger partial charge in [0.2, 0.25) is 10.0 Å². The average Bonchev–Trinajstić information content (AvgIpc) is 3.26. The SMILES string of the molecule is COC(=O)[C@@H]1CN(S(=O)(=O)C2CC2)C[C@H]1c1ccccc1. The molecule has 0 unspecified atom stereocenters. The lowest BCUT2D eigenvalue weighted by atomic mass is 9.89. The zero-order chi connectivity index (χ0) is 15.0. The molecule has 6 heteroatoms. The van der Waals surface area contributed by atoms with E-state index in [0.29, 0.717) is 6.54 Å². The summed E-state index contributed by atoms with van der Waals surface area (Å²) in [4.78, 5) is 12.0. The van der Waals surface area contributed by atoms with Gasteiger partial charge in [-0.25, -0.2) is 12.7 Å². The molecule has 1 saturated heterocycles. The molecular formula is C15H19NO4S. The summed E-state index contributed by atoms with van der Waals surface area (Å²) in [7, 11) is -1.91. The molecule has 0 N–H and O–H groups in total. The van der Waals surface area contributed by atoms with Crippen molar-refractivity contribution in [2.75, 3.05) is 20.2 Å². The van der Waals surface area contributed by atoms with Gasteiger partial charge in [-0.15, -0.1) is 0 Å². The minimum absolute atomic E-state index is 0.132. The van der Waals surface area contributed by atoms with Crippen molar-refractivity contribution in [1.29, 1.82) is 0 Å². The summed E-state index contributed by atoms with van der Waals surface area (Å²) in [5.74, 6) is -0.893. The van der Waals surface area contributed by atoms with Gasteiger partial charge in [0.15, 0.2) is 0 Å². The van der Waals surface area contributed by atoms with E-state index in [4.69, 9.17) is 4.74 Å². The first kappa shape index (κ1) is 14.5. The number of carbonyl (C=O) groups excluding carboxylic acids is 1. The number of hydrogen-bond donors (Lipinski definition) is 0. The van der Waals surface area contributed by atoms with E-state index >= 15 is 0 Å². The standard InChI is InChI=1S/C15H19NO4S/c1-20-15(17)14-10-16(21(18,19)12-7-8-12)9-13(14)11-5-3-2-4-6-11/h2-6,12-14H,7-10H2,1H3/t13-,14+/m0/s1. The van der Waals surface area contributed by atoms with Crippen LogP contribution in [0.4, 0.5) is 0 Å². The summed E-state index contributed by atoms with van der Waals surface area (Å²) in [6.07, 6.45) is 1.47. The van der Waals surface area contributed by atoms with Gasteiger partial charge in [-0.3, -0.25) is 4.79 Å². The number of ether oxygens (including phenoxy) is 1. The summed E-state index contributed by atoms with van der Waals surface area (Å²) >= 11 is 0. The lowest BCUT2D eigenvalue weighted by Gasteiger charge is -2.16. The Bertz CT molecular complexity index is 624. The third-order valence-corrected chi connectivity index (χ3v) is 6.66. The quantitative estimate of drug-likeness (QED) is 0.788. The van der Waals surface area contributed by atoms with Gasteiger partial charge >= 0.3 is 5.97 Å². The van der Waals surface area contributed by atoms with E-state index in [2.05, 4.69) is 0 Å². The molecule has 0 amide bonds. The minimum atomic E-state index is -3.26. The van der Waals surface area contributed by atoms with Gasteiger partial charge in [0.25, 0.3) is 0 Å². The van der Waals surface area contributed by atoms with Gasteiger partial charge in [0.1, 0.15) is 0 Å². The second-order valence-corrected chi connectivity index (χ2v) is 7.92. The van der Waals surface area contributed by atoms with Gasteiger partial charge in [0, 0.05) is 19.0 Å². The van der Waals surface area contributed by atoms with E-state index in [1.807, 2.05) is 30.3 Å². The highest BCUT2D eigenvalue weighted by Crippen LogP contribution is 2.39. The van der Waals surface area contributed by atoms with Crippen LogP contribution in [0.15, 0.2) is 30.3 Å². The first-order valence-corrected chi connectivity index (χ1v) is 8.66. The molecule has 5 nitrogen and oxygen atoms in total. The first-order chi connectivity index (χ1) is 10.0. The highest BCUT2D eigenvalue weighted by atomic mass is 32.2. The zero-order valence-corrected chi connectivity index (χ0v) is 12.8. The van der Waals surface area contributed by atoms with E-state index in [-0.39, 0.29) is 23.7 Å². The highest BCUT2D eigenvalue weighted by Gasteiger charge is 2.48. The summed E-state index contributed by atoms with van der Waals surface area (Å²) in [6.45, 7) is 0.591. The summed E-state index contributed by atoms with van der Waals surface area (Å²) < 4.78 is 31.1. The van der Waals surface area contributed by atoms with Gasteiger partial charge in [-0.1, -0.05) is 30.3 Å². The Morgan fingerprint density at radius 2 is 1.86 bits per heavy atom. The van der Waals surface area contributed by atoms with Gasteiger partial charge < -0.3 is 4.74 Å². The van der Waals surface area contributed by atoms with Crippen LogP contribution in [0.25, 0.3) is 0 Å². The van der Waals surface area contributed by atoms with Gasteiger partial charge in [-0.2, -0.15) is 0 Å². The molecule has 1 saturated carbocycles. The maximum absolute atomic E-state index is 12.4. The first-order valence-electron chi connectivity index (χ1n) is 7.15. The second-order valence-electron chi connectivity index (χ2n) is 5.71. The Morgan fingerprint density at radius 3 is 2.43 bits per heavy atom. The lowest BCUT2D eigenvalue weighted by Crippen LogP contribution is -2.32. The summed E-state index contributed by atoms with van der Waals surface area (Å²) in [5.41, 5.74) is 0.987. The maximum Gasteiger partial charge on any atom is 0.310 e. The third kappa shape index (κ3) is 2.70. The van der Waals surface area contributed by atoms with Crippen molar-refractivity contribution in [3.63, 3.8) is 0 Å². The topological polar surface area (TPSA) is 63.7 Å². The Kier molecular flexibility index (Phi) is 3.75. The van der Waals surface area contributed by atoms with Crippen molar-refractivity contribution in [2.24, 2.45) is 5.92 Å². The Labute approximate surface area is 124 Å². The number of nitrogens with zero attached hydrogens (tertiary/aromatic N) is 1. The summed E-state index contributed by atoms with van der Waals surface area (Å²) in [6, 6.07) is 9.59. The number of hydrogen-bond acceptors (Lipinski definition) is 4. The second kappa shape index (κ2) is 5.42. The Balaban J connectivity index is 1.88. The Hall–Kier alpha value is -1.40. The lowest BCUT2D eigenvalue weighted by molar-refractivity contribution is -0.145. The summed E-state index contributed by atoms with van der Waals surface area (Å²) in [5, 5.41) is -0.245. The molecule has 0 radical (unpaired) electrons. The number of esters is 1. The zero-order valence-electron chi connectivity index (χ0n) is 11.9. The molecule has 0 aromatic heterocycles. The van der Waals surface area contributed by atoms with Crippen LogP contribution in [0.3, 0.4) is 0 Å². The molecule has 3 rings (SSSR count). The van der Waals surface area contributed by atoms with Crippen molar-refractivity contribution in [1.82, 2.24) is 4.31 Å². The van der Waals surface area contributed by atoms with E-state index in [1.165, 1.54) is 11.4 Å². The minimum Gasteiger partial charge on any atom is -0.469 e. The molecule has 1 aliphatic carbocycles. The fourth-order valence-electron chi connectivity index (χ4n) is 2.98. The molecule has 1 aromatic rings. The van der Waals surface area contributed by atoms with Crippen molar-refractivity contribution in [3.05, 3.63) is 35.9 Å².